The molecule has 4 heteroatoms. The highest BCUT2D eigenvalue weighted by atomic mass is 19.2. The van der Waals surface area contributed by atoms with Crippen LogP contribution in [0, 0.1) is 11.6 Å². The van der Waals surface area contributed by atoms with Gasteiger partial charge in [-0.3, -0.25) is 0 Å². The number of piperazine rings is 1. The maximum absolute atomic E-state index is 13.4. The van der Waals surface area contributed by atoms with E-state index in [1.807, 2.05) is 0 Å². The Morgan fingerprint density at radius 1 is 1.32 bits per heavy atom. The van der Waals surface area contributed by atoms with Crippen LogP contribution in [-0.2, 0) is 0 Å². The van der Waals surface area contributed by atoms with Crippen molar-refractivity contribution < 1.29 is 8.78 Å². The molecule has 1 aliphatic heterocycles. The molecule has 0 radical (unpaired) electrons. The third-order valence-electron chi connectivity index (χ3n) is 4.21. The minimum Gasteiger partial charge on any atom is -0.365 e. The summed E-state index contributed by atoms with van der Waals surface area (Å²) in [5.41, 5.74) is 0.795. The van der Waals surface area contributed by atoms with Gasteiger partial charge in [0.15, 0.2) is 11.6 Å². The molecule has 1 aliphatic rings. The number of hydrogen-bond acceptors (Lipinski definition) is 2. The second-order valence-corrected chi connectivity index (χ2v) is 5.58. The maximum atomic E-state index is 13.4. The van der Waals surface area contributed by atoms with Gasteiger partial charge in [0.25, 0.3) is 0 Å². The molecule has 2 unspecified atom stereocenters. The summed E-state index contributed by atoms with van der Waals surface area (Å²) in [6.45, 7) is 8.12. The minimum atomic E-state index is -0.787. The Balaban J connectivity index is 2.29. The standard InChI is InChI=1S/C15H22F2N2/c1-4-11-9-18-15(3,5-2)10-19(11)12-6-7-13(16)14(17)8-12/h6-8,11,18H,4-5,9-10H2,1-3H3. The van der Waals surface area contributed by atoms with Crippen LogP contribution in [0.2, 0.25) is 0 Å². The molecule has 1 fully saturated rings. The average molecular weight is 268 g/mol. The molecule has 2 rings (SSSR count). The van der Waals surface area contributed by atoms with Gasteiger partial charge in [0, 0.05) is 36.4 Å². The van der Waals surface area contributed by atoms with Crippen LogP contribution in [0.1, 0.15) is 33.6 Å². The molecule has 1 aromatic carbocycles. The van der Waals surface area contributed by atoms with E-state index in [1.54, 1.807) is 6.07 Å². The van der Waals surface area contributed by atoms with E-state index in [0.717, 1.165) is 31.6 Å². The van der Waals surface area contributed by atoms with Crippen molar-refractivity contribution in [2.45, 2.75) is 45.2 Å². The van der Waals surface area contributed by atoms with Gasteiger partial charge < -0.3 is 10.2 Å². The van der Waals surface area contributed by atoms with Gasteiger partial charge in [-0.15, -0.1) is 0 Å². The van der Waals surface area contributed by atoms with Crippen molar-refractivity contribution in [1.82, 2.24) is 5.32 Å². The SMILES string of the molecule is CCC1CNC(C)(CC)CN1c1ccc(F)c(F)c1. The summed E-state index contributed by atoms with van der Waals surface area (Å²) in [6.07, 6.45) is 1.98. The summed E-state index contributed by atoms with van der Waals surface area (Å²) in [6, 6.07) is 4.51. The number of nitrogens with one attached hydrogen (secondary N) is 1. The summed E-state index contributed by atoms with van der Waals surface area (Å²) in [5.74, 6) is -1.56. The molecule has 0 saturated carbocycles. The molecule has 1 heterocycles. The molecule has 0 aromatic heterocycles. The molecule has 0 aliphatic carbocycles. The maximum Gasteiger partial charge on any atom is 0.160 e. The van der Waals surface area contributed by atoms with Gasteiger partial charge in [0.2, 0.25) is 0 Å². The molecular formula is C15H22F2N2. The van der Waals surface area contributed by atoms with Crippen molar-refractivity contribution in [3.63, 3.8) is 0 Å². The quantitative estimate of drug-likeness (QED) is 0.904. The Bertz CT molecular complexity index is 450. The first-order valence-corrected chi connectivity index (χ1v) is 6.96. The molecule has 1 aromatic rings. The summed E-state index contributed by atoms with van der Waals surface area (Å²) in [7, 11) is 0. The normalized spacial score (nSPS) is 27.6. The summed E-state index contributed by atoms with van der Waals surface area (Å²) >= 11 is 0. The Morgan fingerprint density at radius 2 is 2.05 bits per heavy atom. The zero-order chi connectivity index (χ0) is 14.0. The Hall–Kier alpha value is -1.16. The van der Waals surface area contributed by atoms with Crippen LogP contribution in [0.4, 0.5) is 14.5 Å². The number of hydrogen-bond donors (Lipinski definition) is 1. The second kappa shape index (κ2) is 5.45. The second-order valence-electron chi connectivity index (χ2n) is 5.58. The zero-order valence-electron chi connectivity index (χ0n) is 11.8. The summed E-state index contributed by atoms with van der Waals surface area (Å²) in [4.78, 5) is 2.20. The Kier molecular flexibility index (Phi) is 4.09. The number of nitrogens with zero attached hydrogens (tertiary/aromatic N) is 1. The molecular weight excluding hydrogens is 246 g/mol. The van der Waals surface area contributed by atoms with Crippen LogP contribution in [0.5, 0.6) is 0 Å². The van der Waals surface area contributed by atoms with E-state index >= 15 is 0 Å². The van der Waals surface area contributed by atoms with Crippen molar-refractivity contribution in [1.29, 1.82) is 0 Å². The lowest BCUT2D eigenvalue weighted by Crippen LogP contribution is -2.62. The fraction of sp³-hybridized carbons (Fsp3) is 0.600. The molecule has 2 atom stereocenters. The molecule has 2 nitrogen and oxygen atoms in total. The molecule has 106 valence electrons. The fourth-order valence-corrected chi connectivity index (χ4v) is 2.60. The van der Waals surface area contributed by atoms with E-state index in [-0.39, 0.29) is 5.54 Å². The van der Waals surface area contributed by atoms with E-state index in [1.165, 1.54) is 12.1 Å². The van der Waals surface area contributed by atoms with Crippen LogP contribution in [0.25, 0.3) is 0 Å². The number of halogens is 2. The van der Waals surface area contributed by atoms with Crippen molar-refractivity contribution in [2.75, 3.05) is 18.0 Å². The van der Waals surface area contributed by atoms with Crippen molar-refractivity contribution in [3.05, 3.63) is 29.8 Å². The van der Waals surface area contributed by atoms with Crippen LogP contribution in [0.3, 0.4) is 0 Å². The van der Waals surface area contributed by atoms with Crippen LogP contribution >= 0.6 is 0 Å². The van der Waals surface area contributed by atoms with Crippen molar-refractivity contribution in [3.8, 4) is 0 Å². The topological polar surface area (TPSA) is 15.3 Å². The van der Waals surface area contributed by atoms with Crippen LogP contribution in [-0.4, -0.2) is 24.7 Å². The lowest BCUT2D eigenvalue weighted by molar-refractivity contribution is 0.276. The first-order valence-electron chi connectivity index (χ1n) is 6.96. The van der Waals surface area contributed by atoms with Crippen LogP contribution in [0.15, 0.2) is 18.2 Å². The van der Waals surface area contributed by atoms with Crippen molar-refractivity contribution >= 4 is 5.69 Å². The van der Waals surface area contributed by atoms with E-state index in [4.69, 9.17) is 0 Å². The van der Waals surface area contributed by atoms with Gasteiger partial charge in [-0.05, 0) is 31.9 Å². The minimum absolute atomic E-state index is 0.0243. The molecule has 1 N–H and O–H groups in total. The van der Waals surface area contributed by atoms with Gasteiger partial charge >= 0.3 is 0 Å². The molecule has 0 bridgehead atoms. The molecule has 0 spiro atoms. The summed E-state index contributed by atoms with van der Waals surface area (Å²) < 4.78 is 26.5. The van der Waals surface area contributed by atoms with E-state index in [2.05, 4.69) is 31.0 Å². The van der Waals surface area contributed by atoms with E-state index in [9.17, 15) is 8.78 Å². The fourth-order valence-electron chi connectivity index (χ4n) is 2.60. The highest BCUT2D eigenvalue weighted by molar-refractivity contribution is 5.49. The Labute approximate surface area is 113 Å². The lowest BCUT2D eigenvalue weighted by atomic mass is 9.92. The smallest absolute Gasteiger partial charge is 0.160 e. The van der Waals surface area contributed by atoms with Gasteiger partial charge in [-0.1, -0.05) is 13.8 Å². The lowest BCUT2D eigenvalue weighted by Gasteiger charge is -2.47. The van der Waals surface area contributed by atoms with Gasteiger partial charge in [-0.25, -0.2) is 8.78 Å². The number of anilines is 1. The monoisotopic (exact) mass is 268 g/mol. The number of benzene rings is 1. The molecule has 19 heavy (non-hydrogen) atoms. The predicted octanol–water partition coefficient (Wildman–Crippen LogP) is 3.32. The first-order chi connectivity index (χ1) is 8.99. The van der Waals surface area contributed by atoms with Crippen molar-refractivity contribution in [2.24, 2.45) is 0 Å². The molecule has 0 amide bonds. The highest BCUT2D eigenvalue weighted by Crippen LogP contribution is 2.27. The van der Waals surface area contributed by atoms with Gasteiger partial charge in [0.1, 0.15) is 0 Å². The third-order valence-corrected chi connectivity index (χ3v) is 4.21. The highest BCUT2D eigenvalue weighted by Gasteiger charge is 2.34. The summed E-state index contributed by atoms with van der Waals surface area (Å²) in [5, 5.41) is 3.56. The first kappa shape index (κ1) is 14.3. The average Bonchev–Trinajstić information content (AvgIpc) is 2.42. The zero-order valence-corrected chi connectivity index (χ0v) is 11.8. The number of rotatable bonds is 3. The van der Waals surface area contributed by atoms with Gasteiger partial charge in [0.05, 0.1) is 0 Å². The Morgan fingerprint density at radius 3 is 2.63 bits per heavy atom. The third kappa shape index (κ3) is 2.89. The van der Waals surface area contributed by atoms with E-state index < -0.39 is 11.6 Å². The van der Waals surface area contributed by atoms with E-state index in [0.29, 0.717) is 6.04 Å². The predicted molar refractivity (Wildman–Crippen MR) is 74.5 cm³/mol. The molecule has 1 saturated heterocycles. The van der Waals surface area contributed by atoms with Crippen LogP contribution < -0.4 is 10.2 Å². The van der Waals surface area contributed by atoms with Gasteiger partial charge in [-0.2, -0.15) is 0 Å². The largest absolute Gasteiger partial charge is 0.365 e.